The molecule has 31 heavy (non-hydrogen) atoms. The minimum absolute atomic E-state index is 0. The molecule has 1 heterocycles. The predicted octanol–water partition coefficient (Wildman–Crippen LogP) is 3.24. The van der Waals surface area contributed by atoms with E-state index in [2.05, 4.69) is 10.2 Å². The van der Waals surface area contributed by atoms with Crippen LogP contribution in [0.5, 0.6) is 5.75 Å². The molecule has 0 unspecified atom stereocenters. The van der Waals surface area contributed by atoms with Gasteiger partial charge in [-0.15, -0.1) is 24.8 Å². The van der Waals surface area contributed by atoms with Gasteiger partial charge in [-0.3, -0.25) is 9.59 Å². The highest BCUT2D eigenvalue weighted by molar-refractivity contribution is 6.33. The lowest BCUT2D eigenvalue weighted by molar-refractivity contribution is -0.137. The van der Waals surface area contributed by atoms with Crippen molar-refractivity contribution in [3.05, 3.63) is 22.7 Å². The third-order valence-electron chi connectivity index (χ3n) is 5.19. The summed E-state index contributed by atoms with van der Waals surface area (Å²) < 4.78 is 10.9. The number of halogens is 3. The molecule has 178 valence electrons. The highest BCUT2D eigenvalue weighted by Crippen LogP contribution is 2.29. The van der Waals surface area contributed by atoms with E-state index in [1.807, 2.05) is 0 Å². The fourth-order valence-electron chi connectivity index (χ4n) is 3.54. The Bertz CT molecular complexity index is 724. The first-order chi connectivity index (χ1) is 13.8. The van der Waals surface area contributed by atoms with Crippen LogP contribution in [0.25, 0.3) is 0 Å². The molecule has 1 aromatic rings. The molecule has 11 heteroatoms. The quantitative estimate of drug-likeness (QED) is 0.334. The average molecular weight is 501 g/mol. The van der Waals surface area contributed by atoms with Crippen LogP contribution < -0.4 is 15.8 Å². The fourth-order valence-corrected chi connectivity index (χ4v) is 3.70. The van der Waals surface area contributed by atoms with Crippen molar-refractivity contribution in [1.82, 2.24) is 10.2 Å². The molecule has 1 fully saturated rings. The van der Waals surface area contributed by atoms with E-state index in [1.54, 1.807) is 7.11 Å². The van der Waals surface area contributed by atoms with Gasteiger partial charge in [-0.1, -0.05) is 18.0 Å². The second kappa shape index (κ2) is 14.6. The Morgan fingerprint density at radius 2 is 1.97 bits per heavy atom. The van der Waals surface area contributed by atoms with E-state index in [0.29, 0.717) is 35.0 Å². The van der Waals surface area contributed by atoms with E-state index >= 15 is 0 Å². The Morgan fingerprint density at radius 1 is 1.26 bits per heavy atom. The van der Waals surface area contributed by atoms with Crippen molar-refractivity contribution in [3.8, 4) is 5.75 Å². The number of likely N-dealkylation sites (tertiary alicyclic amines) is 1. The van der Waals surface area contributed by atoms with Crippen molar-refractivity contribution in [2.24, 2.45) is 0 Å². The number of nitrogens with one attached hydrogen (secondary N) is 1. The average Bonchev–Trinajstić information content (AvgIpc) is 2.69. The molecule has 1 aliphatic heterocycles. The van der Waals surface area contributed by atoms with Gasteiger partial charge in [0, 0.05) is 32.7 Å². The smallest absolute Gasteiger partial charge is 0.303 e. The molecule has 2 rings (SSSR count). The maximum Gasteiger partial charge on any atom is 0.303 e. The summed E-state index contributed by atoms with van der Waals surface area (Å²) in [4.78, 5) is 25.6. The molecule has 0 bridgehead atoms. The summed E-state index contributed by atoms with van der Waals surface area (Å²) >= 11 is 6.07. The van der Waals surface area contributed by atoms with Crippen LogP contribution >= 0.6 is 36.4 Å². The van der Waals surface area contributed by atoms with Gasteiger partial charge in [-0.05, 0) is 31.9 Å². The highest BCUT2D eigenvalue weighted by atomic mass is 35.5. The molecule has 4 N–H and O–H groups in total. The number of methoxy groups -OCH3 is 2. The summed E-state index contributed by atoms with van der Waals surface area (Å²) in [5.74, 6) is -0.657. The summed E-state index contributed by atoms with van der Waals surface area (Å²) in [5, 5.41) is 12.0. The van der Waals surface area contributed by atoms with Gasteiger partial charge in [0.1, 0.15) is 5.75 Å². The number of nitrogen functional groups attached to an aromatic ring is 1. The number of rotatable bonds is 10. The number of unbranched alkanes of at least 4 members (excludes halogenated alkanes) is 2. The molecule has 0 spiro atoms. The standard InChI is InChI=1S/C20H30ClN3O5.2ClH/c1-28-17-11-15(22)14(21)10-13(17)20(27)23-16-7-9-24(12-18(16)29-2)8-5-3-4-6-19(25)26;;/h10-11,16,18H,3-9,12,22H2,1-2H3,(H,23,27)(H,25,26);2*1H/t16-,18+;;/m1../s1. The number of piperidine rings is 1. The van der Waals surface area contributed by atoms with Gasteiger partial charge < -0.3 is 30.5 Å². The van der Waals surface area contributed by atoms with Crippen LogP contribution in [0.2, 0.25) is 5.02 Å². The first-order valence-electron chi connectivity index (χ1n) is 9.76. The van der Waals surface area contributed by atoms with Gasteiger partial charge in [0.25, 0.3) is 5.91 Å². The minimum Gasteiger partial charge on any atom is -0.496 e. The number of nitrogens with zero attached hydrogens (tertiary/aromatic N) is 1. The maximum atomic E-state index is 12.8. The van der Waals surface area contributed by atoms with Crippen LogP contribution in [0.1, 0.15) is 42.5 Å². The largest absolute Gasteiger partial charge is 0.496 e. The summed E-state index contributed by atoms with van der Waals surface area (Å²) in [6, 6.07) is 2.92. The molecule has 2 atom stereocenters. The number of hydrogen-bond donors (Lipinski definition) is 3. The molecule has 0 radical (unpaired) electrons. The molecule has 0 aromatic heterocycles. The molecular formula is C20H32Cl3N3O5. The molecule has 1 saturated heterocycles. The minimum atomic E-state index is -0.750. The van der Waals surface area contributed by atoms with E-state index in [9.17, 15) is 9.59 Å². The summed E-state index contributed by atoms with van der Waals surface area (Å²) in [7, 11) is 3.12. The van der Waals surface area contributed by atoms with Gasteiger partial charge in [0.2, 0.25) is 0 Å². The van der Waals surface area contributed by atoms with Gasteiger partial charge in [-0.2, -0.15) is 0 Å². The number of carboxylic acids is 1. The molecule has 0 saturated carbocycles. The second-order valence-electron chi connectivity index (χ2n) is 7.22. The lowest BCUT2D eigenvalue weighted by atomic mass is 10.00. The van der Waals surface area contributed by atoms with E-state index < -0.39 is 5.97 Å². The number of carbonyl (C=O) groups is 2. The van der Waals surface area contributed by atoms with E-state index in [-0.39, 0.29) is 49.3 Å². The van der Waals surface area contributed by atoms with Crippen LogP contribution in [-0.2, 0) is 9.53 Å². The highest BCUT2D eigenvalue weighted by Gasteiger charge is 2.31. The molecule has 1 aromatic carbocycles. The Labute approximate surface area is 200 Å². The van der Waals surface area contributed by atoms with E-state index in [0.717, 1.165) is 32.4 Å². The Morgan fingerprint density at radius 3 is 2.58 bits per heavy atom. The molecule has 8 nitrogen and oxygen atoms in total. The maximum absolute atomic E-state index is 12.8. The molecular weight excluding hydrogens is 469 g/mol. The lowest BCUT2D eigenvalue weighted by Gasteiger charge is -2.38. The topological polar surface area (TPSA) is 114 Å². The number of ether oxygens (including phenoxy) is 2. The fraction of sp³-hybridized carbons (Fsp3) is 0.600. The second-order valence-corrected chi connectivity index (χ2v) is 7.63. The Balaban J connectivity index is 0.00000450. The zero-order valence-corrected chi connectivity index (χ0v) is 20.2. The normalized spacial score (nSPS) is 18.4. The van der Waals surface area contributed by atoms with Gasteiger partial charge in [-0.25, -0.2) is 0 Å². The zero-order valence-electron chi connectivity index (χ0n) is 17.8. The SMILES string of the molecule is COc1cc(N)c(Cl)cc1C(=O)N[C@@H]1CCN(CCCCCC(=O)O)C[C@@H]1OC.Cl.Cl. The number of carboxylic acid groups (broad SMARTS) is 1. The zero-order chi connectivity index (χ0) is 21.4. The van der Waals surface area contributed by atoms with Gasteiger partial charge >= 0.3 is 5.97 Å². The number of hydrogen-bond acceptors (Lipinski definition) is 6. The molecule has 1 aliphatic rings. The van der Waals surface area contributed by atoms with E-state index in [4.69, 9.17) is 31.9 Å². The molecule has 0 aliphatic carbocycles. The predicted molar refractivity (Wildman–Crippen MR) is 126 cm³/mol. The van der Waals surface area contributed by atoms with Crippen molar-refractivity contribution < 1.29 is 24.2 Å². The van der Waals surface area contributed by atoms with Gasteiger partial charge in [0.15, 0.2) is 0 Å². The first-order valence-corrected chi connectivity index (χ1v) is 10.1. The third kappa shape index (κ3) is 8.90. The summed E-state index contributed by atoms with van der Waals surface area (Å²) in [6.07, 6.45) is 3.36. The number of amides is 1. The van der Waals surface area contributed by atoms with Crippen molar-refractivity contribution in [2.75, 3.05) is 39.6 Å². The van der Waals surface area contributed by atoms with E-state index in [1.165, 1.54) is 19.2 Å². The monoisotopic (exact) mass is 499 g/mol. The van der Waals surface area contributed by atoms with Crippen LogP contribution in [-0.4, -0.2) is 67.9 Å². The van der Waals surface area contributed by atoms with Crippen molar-refractivity contribution in [1.29, 1.82) is 0 Å². The summed E-state index contributed by atoms with van der Waals surface area (Å²) in [6.45, 7) is 2.44. The van der Waals surface area contributed by atoms with Crippen LogP contribution in [0.15, 0.2) is 12.1 Å². The van der Waals surface area contributed by atoms with Crippen LogP contribution in [0, 0.1) is 0 Å². The number of carbonyl (C=O) groups excluding carboxylic acids is 1. The summed E-state index contributed by atoms with van der Waals surface area (Å²) in [5.41, 5.74) is 6.47. The number of aliphatic carboxylic acids is 1. The Kier molecular flexibility index (Phi) is 13.9. The third-order valence-corrected chi connectivity index (χ3v) is 5.52. The van der Waals surface area contributed by atoms with Crippen molar-refractivity contribution in [2.45, 2.75) is 44.2 Å². The van der Waals surface area contributed by atoms with Gasteiger partial charge in [0.05, 0.1) is 35.5 Å². The van der Waals surface area contributed by atoms with Crippen LogP contribution in [0.3, 0.4) is 0 Å². The van der Waals surface area contributed by atoms with Crippen molar-refractivity contribution in [3.63, 3.8) is 0 Å². The lowest BCUT2D eigenvalue weighted by Crippen LogP contribution is -2.54. The number of nitrogens with two attached hydrogens (primary N) is 1. The molecule has 1 amide bonds. The van der Waals surface area contributed by atoms with Crippen LogP contribution in [0.4, 0.5) is 5.69 Å². The Hall–Kier alpha value is -1.45. The first kappa shape index (κ1) is 29.5. The number of anilines is 1. The van der Waals surface area contributed by atoms with Crippen molar-refractivity contribution >= 4 is 54.0 Å². The number of benzene rings is 1.